The molecule has 4 nitrogen and oxygen atoms in total. The lowest BCUT2D eigenvalue weighted by Gasteiger charge is -2.27. The predicted octanol–water partition coefficient (Wildman–Crippen LogP) is 2.36. The molecule has 0 spiro atoms. The van der Waals surface area contributed by atoms with Crippen molar-refractivity contribution >= 4 is 29.1 Å². The number of benzene rings is 1. The first-order valence-electron chi connectivity index (χ1n) is 5.63. The lowest BCUT2D eigenvalue weighted by molar-refractivity contribution is 0.0940. The molecule has 0 fully saturated rings. The van der Waals surface area contributed by atoms with E-state index in [9.17, 15) is 4.79 Å². The summed E-state index contributed by atoms with van der Waals surface area (Å²) in [6, 6.07) is 4.76. The van der Waals surface area contributed by atoms with Crippen LogP contribution in [0.3, 0.4) is 0 Å². The number of carbonyl (C=O) groups is 1. The maximum atomic E-state index is 11.9. The van der Waals surface area contributed by atoms with E-state index in [0.29, 0.717) is 22.2 Å². The maximum absolute atomic E-state index is 11.9. The van der Waals surface area contributed by atoms with Gasteiger partial charge in [0.1, 0.15) is 0 Å². The molecule has 100 valence electrons. The number of rotatable bonds is 5. The fourth-order valence-electron chi connectivity index (χ4n) is 1.29. The van der Waals surface area contributed by atoms with Crippen molar-refractivity contribution in [2.75, 3.05) is 6.54 Å². The van der Waals surface area contributed by atoms with Crippen molar-refractivity contribution in [1.82, 2.24) is 10.7 Å². The van der Waals surface area contributed by atoms with Crippen molar-refractivity contribution in [2.24, 2.45) is 5.84 Å². The first kappa shape index (κ1) is 15.2. The van der Waals surface area contributed by atoms with Crippen LogP contribution in [0.25, 0.3) is 0 Å². The minimum absolute atomic E-state index is 0.205. The second-order valence-electron chi connectivity index (χ2n) is 4.37. The fraction of sp³-hybridized carbons (Fsp3) is 0.417. The van der Waals surface area contributed by atoms with Gasteiger partial charge in [-0.15, -0.1) is 0 Å². The summed E-state index contributed by atoms with van der Waals surface area (Å²) in [6.45, 7) is 4.35. The van der Waals surface area contributed by atoms with Crippen LogP contribution in [0.1, 0.15) is 30.6 Å². The molecule has 0 aliphatic carbocycles. The molecular weight excluding hydrogens is 273 g/mol. The highest BCUT2D eigenvalue weighted by Gasteiger charge is 2.21. The van der Waals surface area contributed by atoms with Gasteiger partial charge in [-0.25, -0.2) is 0 Å². The summed E-state index contributed by atoms with van der Waals surface area (Å²) in [4.78, 5) is 11.9. The van der Waals surface area contributed by atoms with Crippen molar-refractivity contribution in [1.29, 1.82) is 0 Å². The third-order valence-electron chi connectivity index (χ3n) is 2.95. The Bertz CT molecular complexity index is 433. The number of carbonyl (C=O) groups excluding carboxylic acids is 1. The summed E-state index contributed by atoms with van der Waals surface area (Å²) in [5.41, 5.74) is 2.84. The van der Waals surface area contributed by atoms with Gasteiger partial charge >= 0.3 is 0 Å². The van der Waals surface area contributed by atoms with Crippen LogP contribution in [0.15, 0.2) is 18.2 Å². The standard InChI is InChI=1S/C12H17Cl2N3O/c1-3-12(2,17-15)7-16-11(18)8-4-5-9(13)10(14)6-8/h4-6,17H,3,7,15H2,1-2H3,(H,16,18). The topological polar surface area (TPSA) is 67.2 Å². The Balaban J connectivity index is 2.68. The number of nitrogens with one attached hydrogen (secondary N) is 2. The molecule has 1 amide bonds. The highest BCUT2D eigenvalue weighted by Crippen LogP contribution is 2.22. The predicted molar refractivity (Wildman–Crippen MR) is 74.8 cm³/mol. The van der Waals surface area contributed by atoms with Crippen molar-refractivity contribution in [3.8, 4) is 0 Å². The summed E-state index contributed by atoms with van der Waals surface area (Å²) < 4.78 is 0. The first-order valence-corrected chi connectivity index (χ1v) is 6.38. The average molecular weight is 290 g/mol. The molecule has 0 aliphatic rings. The molecule has 6 heteroatoms. The Morgan fingerprint density at radius 1 is 1.39 bits per heavy atom. The van der Waals surface area contributed by atoms with Gasteiger partial charge in [0.05, 0.1) is 10.0 Å². The number of halogens is 2. The minimum atomic E-state index is -0.327. The highest BCUT2D eigenvalue weighted by atomic mass is 35.5. The number of nitrogens with two attached hydrogens (primary N) is 1. The number of hydrogen-bond acceptors (Lipinski definition) is 3. The van der Waals surface area contributed by atoms with Gasteiger partial charge in [-0.3, -0.25) is 16.1 Å². The third-order valence-corrected chi connectivity index (χ3v) is 3.69. The van der Waals surface area contributed by atoms with E-state index in [2.05, 4.69) is 10.7 Å². The molecule has 4 N–H and O–H groups in total. The number of hydrazine groups is 1. The van der Waals surface area contributed by atoms with E-state index in [-0.39, 0.29) is 11.4 Å². The van der Waals surface area contributed by atoms with Crippen LogP contribution in [0, 0.1) is 0 Å². The Morgan fingerprint density at radius 3 is 2.56 bits per heavy atom. The molecular formula is C12H17Cl2N3O. The molecule has 0 radical (unpaired) electrons. The summed E-state index contributed by atoms with van der Waals surface area (Å²) >= 11 is 11.6. The van der Waals surface area contributed by atoms with Gasteiger partial charge in [0.2, 0.25) is 0 Å². The molecule has 0 aromatic heterocycles. The van der Waals surface area contributed by atoms with Gasteiger partial charge in [-0.05, 0) is 31.5 Å². The molecule has 18 heavy (non-hydrogen) atoms. The van der Waals surface area contributed by atoms with Crippen LogP contribution < -0.4 is 16.6 Å². The van der Waals surface area contributed by atoms with Crippen LogP contribution in [-0.4, -0.2) is 18.0 Å². The van der Waals surface area contributed by atoms with E-state index < -0.39 is 0 Å². The Kier molecular flexibility index (Phi) is 5.41. The van der Waals surface area contributed by atoms with Crippen LogP contribution in [0.2, 0.25) is 10.0 Å². The van der Waals surface area contributed by atoms with Crippen molar-refractivity contribution < 1.29 is 4.79 Å². The second-order valence-corrected chi connectivity index (χ2v) is 5.18. The molecule has 1 aromatic rings. The smallest absolute Gasteiger partial charge is 0.251 e. The van der Waals surface area contributed by atoms with Gasteiger partial charge in [0.15, 0.2) is 0 Å². The Hall–Kier alpha value is -0.810. The van der Waals surface area contributed by atoms with Crippen molar-refractivity contribution in [2.45, 2.75) is 25.8 Å². The zero-order valence-corrected chi connectivity index (χ0v) is 11.9. The third kappa shape index (κ3) is 3.85. The number of hydrogen-bond donors (Lipinski definition) is 3. The van der Waals surface area contributed by atoms with Gasteiger partial charge < -0.3 is 5.32 Å². The van der Waals surface area contributed by atoms with E-state index in [0.717, 1.165) is 6.42 Å². The molecule has 1 atom stereocenters. The van der Waals surface area contributed by atoms with Crippen molar-refractivity contribution in [3.63, 3.8) is 0 Å². The van der Waals surface area contributed by atoms with E-state index >= 15 is 0 Å². The second kappa shape index (κ2) is 6.38. The molecule has 0 aliphatic heterocycles. The highest BCUT2D eigenvalue weighted by molar-refractivity contribution is 6.42. The number of amides is 1. The zero-order valence-electron chi connectivity index (χ0n) is 10.4. The van der Waals surface area contributed by atoms with E-state index in [1.807, 2.05) is 13.8 Å². The lowest BCUT2D eigenvalue weighted by atomic mass is 10.00. The molecule has 1 rings (SSSR count). The van der Waals surface area contributed by atoms with Crippen molar-refractivity contribution in [3.05, 3.63) is 33.8 Å². The van der Waals surface area contributed by atoms with Crippen LogP contribution >= 0.6 is 23.2 Å². The summed E-state index contributed by atoms with van der Waals surface area (Å²) in [5, 5.41) is 3.59. The van der Waals surface area contributed by atoms with Gasteiger partial charge in [-0.2, -0.15) is 0 Å². The Morgan fingerprint density at radius 2 is 2.06 bits per heavy atom. The van der Waals surface area contributed by atoms with Crippen LogP contribution in [0.4, 0.5) is 0 Å². The monoisotopic (exact) mass is 289 g/mol. The molecule has 1 aromatic carbocycles. The van der Waals surface area contributed by atoms with Gasteiger partial charge in [0.25, 0.3) is 5.91 Å². The fourth-order valence-corrected chi connectivity index (χ4v) is 1.59. The average Bonchev–Trinajstić information content (AvgIpc) is 2.38. The zero-order chi connectivity index (χ0) is 13.8. The summed E-state index contributed by atoms with van der Waals surface area (Å²) in [7, 11) is 0. The van der Waals surface area contributed by atoms with Gasteiger partial charge in [0, 0.05) is 17.6 Å². The first-order chi connectivity index (χ1) is 8.41. The Labute approximate surface area is 117 Å². The van der Waals surface area contributed by atoms with Crippen LogP contribution in [-0.2, 0) is 0 Å². The molecule has 0 bridgehead atoms. The largest absolute Gasteiger partial charge is 0.350 e. The molecule has 1 unspecified atom stereocenters. The molecule has 0 saturated carbocycles. The summed E-state index contributed by atoms with van der Waals surface area (Å²) in [6.07, 6.45) is 0.797. The minimum Gasteiger partial charge on any atom is -0.350 e. The van der Waals surface area contributed by atoms with Crippen LogP contribution in [0.5, 0.6) is 0 Å². The van der Waals surface area contributed by atoms with Gasteiger partial charge in [-0.1, -0.05) is 30.1 Å². The molecule has 0 heterocycles. The summed E-state index contributed by atoms with van der Waals surface area (Å²) in [5.74, 6) is 5.24. The van der Waals surface area contributed by atoms with E-state index in [1.165, 1.54) is 0 Å². The maximum Gasteiger partial charge on any atom is 0.251 e. The quantitative estimate of drug-likeness (QED) is 0.576. The van der Waals surface area contributed by atoms with E-state index in [1.54, 1.807) is 18.2 Å². The van der Waals surface area contributed by atoms with E-state index in [4.69, 9.17) is 29.0 Å². The SMILES string of the molecule is CCC(C)(CNC(=O)c1ccc(Cl)c(Cl)c1)NN. The normalized spacial score (nSPS) is 14.1. The molecule has 0 saturated heterocycles. The lowest BCUT2D eigenvalue weighted by Crippen LogP contribution is -2.53.